The summed E-state index contributed by atoms with van der Waals surface area (Å²) in [6.07, 6.45) is 3.70. The van der Waals surface area contributed by atoms with Gasteiger partial charge in [0, 0.05) is 19.0 Å². The molecule has 4 bridgehead atoms. The second kappa shape index (κ2) is 2.90. The van der Waals surface area contributed by atoms with Gasteiger partial charge in [-0.15, -0.1) is 0 Å². The Labute approximate surface area is 94.6 Å². The molecule has 4 heteroatoms. The maximum absolute atomic E-state index is 14.5. The van der Waals surface area contributed by atoms with Gasteiger partial charge in [-0.2, -0.15) is 0 Å². The van der Waals surface area contributed by atoms with Crippen molar-refractivity contribution < 1.29 is 14.3 Å². The Morgan fingerprint density at radius 1 is 1.31 bits per heavy atom. The largest absolute Gasteiger partial charge is 0.465 e. The van der Waals surface area contributed by atoms with E-state index in [1.54, 1.807) is 7.05 Å². The van der Waals surface area contributed by atoms with Crippen LogP contribution in [0.5, 0.6) is 0 Å². The van der Waals surface area contributed by atoms with Crippen LogP contribution in [0.2, 0.25) is 0 Å². The fraction of sp³-hybridized carbons (Fsp3) is 0.917. The molecule has 0 saturated heterocycles. The predicted molar refractivity (Wildman–Crippen MR) is 57.0 cm³/mol. The van der Waals surface area contributed by atoms with E-state index in [0.29, 0.717) is 31.1 Å². The van der Waals surface area contributed by atoms with Crippen LogP contribution in [0.3, 0.4) is 0 Å². The van der Waals surface area contributed by atoms with Crippen molar-refractivity contribution in [1.82, 2.24) is 4.90 Å². The van der Waals surface area contributed by atoms with Gasteiger partial charge in [0.15, 0.2) is 0 Å². The molecule has 0 spiro atoms. The van der Waals surface area contributed by atoms with Crippen molar-refractivity contribution in [3.63, 3.8) is 0 Å². The number of hydrogen-bond donors (Lipinski definition) is 1. The molecule has 3 nitrogen and oxygen atoms in total. The molecule has 0 radical (unpaired) electrons. The molecule has 0 aliphatic heterocycles. The minimum atomic E-state index is -1.08. The summed E-state index contributed by atoms with van der Waals surface area (Å²) in [4.78, 5) is 12.5. The molecule has 0 aromatic carbocycles. The lowest BCUT2D eigenvalue weighted by Crippen LogP contribution is -2.64. The van der Waals surface area contributed by atoms with Crippen molar-refractivity contribution in [2.75, 3.05) is 7.05 Å². The summed E-state index contributed by atoms with van der Waals surface area (Å²) in [6, 6.07) is 0. The molecule has 0 heterocycles. The minimum absolute atomic E-state index is 0.398. The van der Waals surface area contributed by atoms with Gasteiger partial charge < -0.3 is 10.0 Å². The van der Waals surface area contributed by atoms with E-state index in [4.69, 9.17) is 5.11 Å². The normalized spacial score (nSPS) is 49.4. The third kappa shape index (κ3) is 1.28. The fourth-order valence-electron chi connectivity index (χ4n) is 4.70. The Bertz CT molecular complexity index is 330. The molecular formula is C12H18FNO2. The van der Waals surface area contributed by atoms with Crippen molar-refractivity contribution in [3.05, 3.63) is 0 Å². The van der Waals surface area contributed by atoms with Crippen LogP contribution in [0.25, 0.3) is 0 Å². The van der Waals surface area contributed by atoms with E-state index in [-0.39, 0.29) is 0 Å². The van der Waals surface area contributed by atoms with Crippen LogP contribution < -0.4 is 0 Å². The van der Waals surface area contributed by atoms with E-state index < -0.39 is 17.3 Å². The number of halogens is 1. The molecular weight excluding hydrogens is 209 g/mol. The first-order valence-corrected chi connectivity index (χ1v) is 6.08. The van der Waals surface area contributed by atoms with Crippen LogP contribution in [-0.4, -0.2) is 34.4 Å². The first-order chi connectivity index (χ1) is 7.42. The third-order valence-electron chi connectivity index (χ3n) is 4.96. The van der Waals surface area contributed by atoms with E-state index in [1.165, 1.54) is 4.90 Å². The first-order valence-electron chi connectivity index (χ1n) is 6.08. The highest BCUT2D eigenvalue weighted by Gasteiger charge is 2.60. The third-order valence-corrected chi connectivity index (χ3v) is 4.96. The second-order valence-electron chi connectivity index (χ2n) is 6.18. The van der Waals surface area contributed by atoms with Gasteiger partial charge in [0.05, 0.1) is 0 Å². The quantitative estimate of drug-likeness (QED) is 0.748. The first kappa shape index (κ1) is 10.4. The van der Waals surface area contributed by atoms with Gasteiger partial charge in [0.1, 0.15) is 5.67 Å². The summed E-state index contributed by atoms with van der Waals surface area (Å²) < 4.78 is 14.5. The van der Waals surface area contributed by atoms with Crippen molar-refractivity contribution in [1.29, 1.82) is 0 Å². The summed E-state index contributed by atoms with van der Waals surface area (Å²) in [6.45, 7) is 0. The lowest BCUT2D eigenvalue weighted by atomic mass is 9.51. The molecule has 0 aromatic rings. The smallest absolute Gasteiger partial charge is 0.407 e. The van der Waals surface area contributed by atoms with Gasteiger partial charge >= 0.3 is 6.09 Å². The predicted octanol–water partition coefficient (Wildman–Crippen LogP) is 2.66. The highest BCUT2D eigenvalue weighted by Crippen LogP contribution is 2.60. The van der Waals surface area contributed by atoms with E-state index in [0.717, 1.165) is 19.3 Å². The summed E-state index contributed by atoms with van der Waals surface area (Å²) in [7, 11) is 1.61. The van der Waals surface area contributed by atoms with Crippen molar-refractivity contribution >= 4 is 6.09 Å². The maximum Gasteiger partial charge on any atom is 0.407 e. The summed E-state index contributed by atoms with van der Waals surface area (Å²) >= 11 is 0. The van der Waals surface area contributed by atoms with Crippen LogP contribution in [-0.2, 0) is 0 Å². The molecule has 2 unspecified atom stereocenters. The molecule has 4 rings (SSSR count). The molecule has 1 N–H and O–H groups in total. The lowest BCUT2D eigenvalue weighted by Gasteiger charge is -2.61. The highest BCUT2D eigenvalue weighted by atomic mass is 19.1. The molecule has 4 aliphatic rings. The fourth-order valence-corrected chi connectivity index (χ4v) is 4.70. The standard InChI is InChI=1S/C12H18FNO2/c1-14(10(15)16)12-5-8-2-9(6-12)4-11(13,3-8)7-12/h8-9H,2-7H2,1H3,(H,15,16). The average Bonchev–Trinajstić information content (AvgIpc) is 2.12. The van der Waals surface area contributed by atoms with Gasteiger partial charge in [0.25, 0.3) is 0 Å². The molecule has 4 saturated carbocycles. The Balaban J connectivity index is 1.94. The number of rotatable bonds is 1. The average molecular weight is 227 g/mol. The van der Waals surface area contributed by atoms with Gasteiger partial charge in [-0.1, -0.05) is 0 Å². The van der Waals surface area contributed by atoms with Crippen molar-refractivity contribution in [2.45, 2.75) is 49.7 Å². The molecule has 16 heavy (non-hydrogen) atoms. The zero-order chi connectivity index (χ0) is 11.6. The van der Waals surface area contributed by atoms with Gasteiger partial charge in [0.2, 0.25) is 0 Å². The summed E-state index contributed by atoms with van der Waals surface area (Å²) in [5.41, 5.74) is -1.47. The molecule has 4 fully saturated rings. The Morgan fingerprint density at radius 2 is 1.88 bits per heavy atom. The number of hydrogen-bond acceptors (Lipinski definition) is 1. The summed E-state index contributed by atoms with van der Waals surface area (Å²) in [5.74, 6) is 0.820. The maximum atomic E-state index is 14.5. The monoisotopic (exact) mass is 227 g/mol. The second-order valence-corrected chi connectivity index (χ2v) is 6.18. The Morgan fingerprint density at radius 3 is 2.31 bits per heavy atom. The molecule has 2 atom stereocenters. The van der Waals surface area contributed by atoms with Gasteiger partial charge in [-0.05, 0) is 43.9 Å². The SMILES string of the molecule is CN(C(=O)O)C12CC3CC(CC(F)(C3)C1)C2. The Kier molecular flexibility index (Phi) is 1.88. The molecule has 1 amide bonds. The van der Waals surface area contributed by atoms with Crippen LogP contribution in [0.4, 0.5) is 9.18 Å². The lowest BCUT2D eigenvalue weighted by molar-refractivity contribution is -0.128. The van der Waals surface area contributed by atoms with Crippen LogP contribution >= 0.6 is 0 Å². The summed E-state index contributed by atoms with van der Waals surface area (Å²) in [5, 5.41) is 9.13. The number of nitrogens with zero attached hydrogens (tertiary/aromatic N) is 1. The van der Waals surface area contributed by atoms with Gasteiger partial charge in [-0.3, -0.25) is 0 Å². The number of alkyl halides is 1. The van der Waals surface area contributed by atoms with E-state index >= 15 is 0 Å². The number of amides is 1. The Hall–Kier alpha value is -0.800. The van der Waals surface area contributed by atoms with Crippen molar-refractivity contribution in [3.8, 4) is 0 Å². The molecule has 0 aromatic heterocycles. The van der Waals surface area contributed by atoms with Crippen LogP contribution in [0.15, 0.2) is 0 Å². The minimum Gasteiger partial charge on any atom is -0.465 e. The van der Waals surface area contributed by atoms with Crippen LogP contribution in [0.1, 0.15) is 38.5 Å². The van der Waals surface area contributed by atoms with Crippen molar-refractivity contribution in [2.24, 2.45) is 11.8 Å². The van der Waals surface area contributed by atoms with Gasteiger partial charge in [-0.25, -0.2) is 9.18 Å². The topological polar surface area (TPSA) is 40.5 Å². The molecule has 4 aliphatic carbocycles. The number of carboxylic acid groups (broad SMARTS) is 1. The van der Waals surface area contributed by atoms with E-state index in [9.17, 15) is 9.18 Å². The molecule has 90 valence electrons. The van der Waals surface area contributed by atoms with E-state index in [1.807, 2.05) is 0 Å². The zero-order valence-electron chi connectivity index (χ0n) is 9.58. The van der Waals surface area contributed by atoms with Crippen LogP contribution in [0, 0.1) is 11.8 Å². The number of carbonyl (C=O) groups is 1. The zero-order valence-corrected chi connectivity index (χ0v) is 9.58. The van der Waals surface area contributed by atoms with E-state index in [2.05, 4.69) is 0 Å². The highest BCUT2D eigenvalue weighted by molar-refractivity contribution is 5.66.